The van der Waals surface area contributed by atoms with Gasteiger partial charge < -0.3 is 202 Å². The van der Waals surface area contributed by atoms with Gasteiger partial charge >= 0.3 is 34.4 Å². The quantitative estimate of drug-likeness (QED) is 0.0187. The molecule has 0 bridgehead atoms. The lowest BCUT2D eigenvalue weighted by molar-refractivity contribution is -0.364. The third kappa shape index (κ3) is 20.1. The van der Waals surface area contributed by atoms with Crippen molar-refractivity contribution in [3.63, 3.8) is 0 Å². The molecule has 6 aromatic rings. The fourth-order valence-corrected chi connectivity index (χ4v) is 22.4. The Bertz CT molecular complexity index is 5860. The largest absolute Gasteiger partial charge is 0.493 e. The van der Waals surface area contributed by atoms with E-state index >= 15 is 0 Å². The van der Waals surface area contributed by atoms with Crippen molar-refractivity contribution in [1.82, 2.24) is 0 Å². The highest BCUT2D eigenvalue weighted by molar-refractivity contribution is 7.80. The Morgan fingerprint density at radius 2 is 0.696 bits per heavy atom. The highest BCUT2D eigenvalue weighted by atomic mass is 32.1. The van der Waals surface area contributed by atoms with Gasteiger partial charge in [-0.3, -0.25) is 19.2 Å². The van der Waals surface area contributed by atoms with Crippen molar-refractivity contribution in [2.24, 2.45) is 35.5 Å². The Morgan fingerprint density at radius 3 is 0.980 bits per heavy atom. The summed E-state index contributed by atoms with van der Waals surface area (Å²) in [6, 6.07) is 21.0. The van der Waals surface area contributed by atoms with E-state index in [1.807, 2.05) is 19.9 Å². The molecule has 22 rings (SSSR count). The van der Waals surface area contributed by atoms with Crippen LogP contribution in [0, 0.1) is 35.5 Å². The van der Waals surface area contributed by atoms with Crippen LogP contribution in [0.4, 0.5) is 0 Å². The molecule has 0 saturated carbocycles. The topological polar surface area (TPSA) is 544 Å². The zero-order valence-corrected chi connectivity index (χ0v) is 83.6. The molecule has 13 aliphatic heterocycles. The molecule has 28 unspecified atom stereocenters. The molecule has 10 fully saturated rings. The first-order valence-electron chi connectivity index (χ1n) is 48.1. The average molecular weight is 2120 g/mol. The predicted octanol–water partition coefficient (Wildman–Crippen LogP) is 4.69. The van der Waals surface area contributed by atoms with Gasteiger partial charge in [-0.1, -0.05) is 0 Å². The van der Waals surface area contributed by atoms with Crippen molar-refractivity contribution in [2.75, 3.05) is 129 Å². The molecule has 46 nitrogen and oxygen atoms in total. The molecule has 0 aromatic heterocycles. The van der Waals surface area contributed by atoms with Gasteiger partial charge in [0.25, 0.3) is 0 Å². The number of methoxy groups -OCH3 is 6. The van der Waals surface area contributed by atoms with Crippen LogP contribution in [0.15, 0.2) is 72.8 Å². The Kier molecular flexibility index (Phi) is 30.5. The van der Waals surface area contributed by atoms with Crippen LogP contribution in [0.2, 0.25) is 0 Å². The summed E-state index contributed by atoms with van der Waals surface area (Å²) in [5.41, 5.74) is 5.82. The maximum Gasteiger partial charge on any atom is 0.358 e. The van der Waals surface area contributed by atoms with Crippen LogP contribution in [0.1, 0.15) is 128 Å². The summed E-state index contributed by atoms with van der Waals surface area (Å²) in [6.07, 6.45) is -22.5. The van der Waals surface area contributed by atoms with E-state index in [0.29, 0.717) is 91.2 Å². The Labute approximate surface area is 856 Å². The smallest absolute Gasteiger partial charge is 0.358 e. The van der Waals surface area contributed by atoms with Gasteiger partial charge in [0.05, 0.1) is 132 Å². The minimum absolute atomic E-state index is 0.000469. The number of thiocarbonyl (C=S) groups is 2. The van der Waals surface area contributed by atoms with Crippen molar-refractivity contribution in [3.05, 3.63) is 123 Å². The molecule has 148 heavy (non-hydrogen) atoms. The van der Waals surface area contributed by atoms with Gasteiger partial charge in [0.2, 0.25) is 37.6 Å². The number of hydrogen-bond donors (Lipinski definition) is 8. The summed E-state index contributed by atoms with van der Waals surface area (Å²) >= 11 is 10.6. The fourth-order valence-electron chi connectivity index (χ4n) is 22.1. The molecule has 6 aromatic carbocycles. The SMILES string of the molecule is COc1cc([C@@H]2c3cc4c(cc3C(OC3OC5COC(C)OC5C(O)C3O)C3COC(=O)C32)OCO4)cc(OC)c1OC(=S)OCC(O)CO.COc1cc([C@@H]2c3cc4c(cc3C(OC3OC5COC(C)OC5C(O)C3O)C3COC(=O)C32)OCO4)cc(OC)c1OC(=S)OCC1COC(C)(C)O1.COc1cc([C@@H]2c3cc4c(cc3C(OC3OC5COC(C)OC5C(O)C3O)C3COC(=O)[C@@H]32)OCO4)cc(OC)c1OC(C)=O. The van der Waals surface area contributed by atoms with Crippen LogP contribution in [0.3, 0.4) is 0 Å². The zero-order valence-electron chi connectivity index (χ0n) is 82.0. The fraction of sp³-hybridized carbons (Fsp3) is 0.580. The summed E-state index contributed by atoms with van der Waals surface area (Å²) in [4.78, 5) is 52.7. The number of fused-ring (bicyclic) bond motifs is 12. The van der Waals surface area contributed by atoms with Crippen molar-refractivity contribution >= 4 is 58.8 Å². The van der Waals surface area contributed by atoms with Crippen LogP contribution in [-0.4, -0.2) is 333 Å². The van der Waals surface area contributed by atoms with Gasteiger partial charge in [0.15, 0.2) is 113 Å². The minimum atomic E-state index is -1.48. The number of cyclic esters (lactones) is 3. The molecule has 8 N–H and O–H groups in total. The predicted molar refractivity (Wildman–Crippen MR) is 498 cm³/mol. The Morgan fingerprint density at radius 1 is 0.399 bits per heavy atom. The van der Waals surface area contributed by atoms with E-state index < -0.39 is 225 Å². The first-order chi connectivity index (χ1) is 71.2. The number of aliphatic hydroxyl groups excluding tert-OH is 8. The van der Waals surface area contributed by atoms with Gasteiger partial charge in [0.1, 0.15) is 98.7 Å². The molecular formula is C100H114O46S2. The third-order valence-corrected chi connectivity index (χ3v) is 29.3. The summed E-state index contributed by atoms with van der Waals surface area (Å²) in [5.74, 6) is -3.85. The molecule has 10 saturated heterocycles. The minimum Gasteiger partial charge on any atom is -0.493 e. The molecule has 0 amide bonds. The number of hydrogen-bond acceptors (Lipinski definition) is 48. The lowest BCUT2D eigenvalue weighted by Crippen LogP contribution is -2.63. The summed E-state index contributed by atoms with van der Waals surface area (Å²) in [5, 5.41) is 84.6. The van der Waals surface area contributed by atoms with Gasteiger partial charge in [-0.25, -0.2) is 0 Å². The second kappa shape index (κ2) is 43.2. The molecule has 3 aliphatic carbocycles. The van der Waals surface area contributed by atoms with E-state index in [4.69, 9.17) is 191 Å². The summed E-state index contributed by atoms with van der Waals surface area (Å²) < 4.78 is 197. The lowest BCUT2D eigenvalue weighted by atomic mass is 9.66. The third-order valence-electron chi connectivity index (χ3n) is 28.9. The monoisotopic (exact) mass is 2110 g/mol. The van der Waals surface area contributed by atoms with E-state index in [9.17, 15) is 54.9 Å². The number of aliphatic hydroxyl groups is 8. The molecule has 0 radical (unpaired) electrons. The number of carbonyl (C=O) groups excluding carboxylic acids is 4. The van der Waals surface area contributed by atoms with E-state index in [0.717, 1.165) is 0 Å². The molecule has 802 valence electrons. The maximum atomic E-state index is 13.7. The Hall–Kier alpha value is -10.7. The van der Waals surface area contributed by atoms with Gasteiger partial charge in [-0.2, -0.15) is 0 Å². The van der Waals surface area contributed by atoms with Gasteiger partial charge in [0, 0.05) is 66.9 Å². The van der Waals surface area contributed by atoms with Crippen molar-refractivity contribution in [2.45, 2.75) is 207 Å². The molecular weight excluding hydrogens is 2000 g/mol. The van der Waals surface area contributed by atoms with Crippen LogP contribution in [-0.2, 0) is 109 Å². The lowest BCUT2D eigenvalue weighted by Gasteiger charge is -2.47. The first kappa shape index (κ1) is 104. The molecule has 48 heteroatoms. The number of rotatable bonds is 23. The summed E-state index contributed by atoms with van der Waals surface area (Å²) in [6.45, 7) is 10.1. The number of ether oxygens (including phenoxy) is 34. The second-order valence-corrected chi connectivity index (χ2v) is 38.8. The Balaban J connectivity index is 0.000000135. The van der Waals surface area contributed by atoms with E-state index in [-0.39, 0.29) is 142 Å². The second-order valence-electron chi connectivity index (χ2n) is 38.1. The van der Waals surface area contributed by atoms with Crippen LogP contribution in [0.5, 0.6) is 86.2 Å². The van der Waals surface area contributed by atoms with E-state index in [1.165, 1.54) is 49.6 Å². The molecule has 32 atom stereocenters. The van der Waals surface area contributed by atoms with Crippen LogP contribution >= 0.6 is 24.4 Å². The molecule has 16 aliphatic rings. The zero-order chi connectivity index (χ0) is 104. The van der Waals surface area contributed by atoms with Crippen molar-refractivity contribution in [3.8, 4) is 86.2 Å². The molecule has 0 spiro atoms. The standard InChI is InChI=1S/C36H42O16S.C33H38O16S.C31H34O14/c1-15-42-13-25-32(48-15)28(37)29(38)34(49-25)50-30-19-9-22-21(45-14-46-22)8-18(19)26(27-20(30)12-43-33(27)39)16-6-23(40-4)31(24(7-16)41-5)51-35(53)44-10-17-11-47-36(2,3)52-17;1-13-41-11-23-30(46-13)26(36)27(37)32(47-23)48-28-17-7-20-19(44-12-45-20)6-16(17)24(25-18(28)10-42-31(25)38)14-4-21(39-2)29(22(5-14)40-3)49-33(50)43-9-15(35)8-34;1-12(32)42-28-20(36-3)5-14(6-21(28)37-4)23-15-7-18-19(41-11-40-18)8-16(15)27(17-9-39-30(35)24(17)23)45-31-26(34)25(33)29-22(44-31)10-38-13(2)43-29/h6-9,15,17,20,25-30,32,34,37-38H,10-14H2,1-5H3;4-7,13,15,18,23-28,30,32,34-37H,8-12H2,1-3H3;5-8,13,17,22-27,29,31,33-34H,9-11H2,1-4H3/t15?,17?,20?,25?,26-,27?,28?,29?,30?,32?,34?;13?,15?,18?,23?,24-,25?,26?,27?,28?,30?,32?;13?,17?,22?,23-,24+,25?,26?,27?,29?,31?/m111/s1. The first-order valence-corrected chi connectivity index (χ1v) is 48.9. The number of carbonyl (C=O) groups is 4. The maximum absolute atomic E-state index is 13.7. The van der Waals surface area contributed by atoms with E-state index in [1.54, 1.807) is 87.5 Å². The average Bonchev–Trinajstić information content (AvgIpc) is 1.48. The van der Waals surface area contributed by atoms with Gasteiger partial charge in [-0.05, 0) is 157 Å². The van der Waals surface area contributed by atoms with Crippen molar-refractivity contribution < 1.29 is 221 Å². The molecule has 13 heterocycles. The van der Waals surface area contributed by atoms with E-state index in [2.05, 4.69) is 0 Å². The normalized spacial score (nSPS) is 34.2. The van der Waals surface area contributed by atoms with Crippen molar-refractivity contribution in [1.29, 1.82) is 0 Å². The number of esters is 4. The van der Waals surface area contributed by atoms with Gasteiger partial charge in [-0.15, -0.1) is 0 Å². The summed E-state index contributed by atoms with van der Waals surface area (Å²) in [7, 11) is 8.67. The highest BCUT2D eigenvalue weighted by Gasteiger charge is 2.62. The highest BCUT2D eigenvalue weighted by Crippen LogP contribution is 2.63. The number of benzene rings is 6. The van der Waals surface area contributed by atoms with Crippen LogP contribution < -0.4 is 71.1 Å². The van der Waals surface area contributed by atoms with Crippen LogP contribution in [0.25, 0.3) is 0 Å².